The van der Waals surface area contributed by atoms with Crippen LogP contribution in [0.1, 0.15) is 38.2 Å². The summed E-state index contributed by atoms with van der Waals surface area (Å²) in [6, 6.07) is 7.71. The van der Waals surface area contributed by atoms with Crippen LogP contribution in [0.25, 0.3) is 0 Å². The predicted octanol–water partition coefficient (Wildman–Crippen LogP) is 2.97. The molecule has 1 aliphatic heterocycles. The van der Waals surface area contributed by atoms with Gasteiger partial charge in [-0.25, -0.2) is 0 Å². The second-order valence-corrected chi connectivity index (χ2v) is 5.80. The van der Waals surface area contributed by atoms with E-state index in [4.69, 9.17) is 0 Å². The maximum Gasteiger partial charge on any atom is 0.229 e. The lowest BCUT2D eigenvalue weighted by atomic mass is 10.1. The summed E-state index contributed by atoms with van der Waals surface area (Å²) in [7, 11) is 0. The van der Waals surface area contributed by atoms with Crippen LogP contribution in [0.15, 0.2) is 24.3 Å². The third kappa shape index (κ3) is 4.31. The fraction of sp³-hybridized carbons (Fsp3) is 0.529. The normalized spacial score (nSPS) is 18.1. The Balaban J connectivity index is 1.86. The van der Waals surface area contributed by atoms with Gasteiger partial charge in [0.25, 0.3) is 0 Å². The van der Waals surface area contributed by atoms with Crippen molar-refractivity contribution >= 4 is 17.5 Å². The van der Waals surface area contributed by atoms with Crippen LogP contribution in [0, 0.1) is 12.8 Å². The molecular weight excluding hydrogens is 264 g/mol. The van der Waals surface area contributed by atoms with E-state index in [2.05, 4.69) is 12.2 Å². The van der Waals surface area contributed by atoms with Gasteiger partial charge in [0, 0.05) is 25.2 Å². The first-order chi connectivity index (χ1) is 10.1. The monoisotopic (exact) mass is 288 g/mol. The molecule has 1 saturated heterocycles. The van der Waals surface area contributed by atoms with Crippen molar-refractivity contribution in [2.45, 2.75) is 39.5 Å². The maximum absolute atomic E-state index is 12.2. The van der Waals surface area contributed by atoms with Gasteiger partial charge in [-0.15, -0.1) is 0 Å². The lowest BCUT2D eigenvalue weighted by molar-refractivity contribution is -0.128. The zero-order valence-electron chi connectivity index (χ0n) is 12.9. The van der Waals surface area contributed by atoms with Crippen molar-refractivity contribution in [1.82, 2.24) is 4.90 Å². The number of unbranched alkanes of at least 4 members (excludes halogenated alkanes) is 2. The van der Waals surface area contributed by atoms with Gasteiger partial charge in [0.2, 0.25) is 11.8 Å². The summed E-state index contributed by atoms with van der Waals surface area (Å²) in [4.78, 5) is 26.0. The number of carbonyl (C=O) groups excluding carboxylic acids is 2. The number of anilines is 1. The second kappa shape index (κ2) is 7.25. The average molecular weight is 288 g/mol. The standard InChI is InChI=1S/C17H24N2O2/c1-3-4-5-10-19-12-14(11-16(19)20)17(21)18-15-8-6-13(2)7-9-15/h6-9,14H,3-5,10-12H2,1-2H3,(H,18,21). The van der Waals surface area contributed by atoms with Gasteiger partial charge in [-0.1, -0.05) is 37.5 Å². The zero-order chi connectivity index (χ0) is 15.2. The highest BCUT2D eigenvalue weighted by Gasteiger charge is 2.33. The summed E-state index contributed by atoms with van der Waals surface area (Å²) in [6.07, 6.45) is 3.63. The molecule has 0 bridgehead atoms. The van der Waals surface area contributed by atoms with Crippen molar-refractivity contribution in [2.24, 2.45) is 5.92 Å². The highest BCUT2D eigenvalue weighted by molar-refractivity contribution is 5.97. The number of nitrogens with zero attached hydrogens (tertiary/aromatic N) is 1. The van der Waals surface area contributed by atoms with Crippen molar-refractivity contribution in [3.63, 3.8) is 0 Å². The number of carbonyl (C=O) groups is 2. The van der Waals surface area contributed by atoms with Gasteiger partial charge in [0.1, 0.15) is 0 Å². The molecule has 1 aliphatic rings. The minimum atomic E-state index is -0.222. The van der Waals surface area contributed by atoms with Crippen LogP contribution in [0.2, 0.25) is 0 Å². The molecule has 4 heteroatoms. The first kappa shape index (κ1) is 15.5. The first-order valence-electron chi connectivity index (χ1n) is 7.75. The van der Waals surface area contributed by atoms with Crippen LogP contribution in [0.5, 0.6) is 0 Å². The predicted molar refractivity (Wildman–Crippen MR) is 84.0 cm³/mol. The topological polar surface area (TPSA) is 49.4 Å². The molecule has 1 N–H and O–H groups in total. The molecule has 114 valence electrons. The Morgan fingerprint density at radius 2 is 2.00 bits per heavy atom. The number of nitrogens with one attached hydrogen (secondary N) is 1. The lowest BCUT2D eigenvalue weighted by Gasteiger charge is -2.16. The Hall–Kier alpha value is -1.84. The second-order valence-electron chi connectivity index (χ2n) is 5.80. The molecule has 1 atom stereocenters. The number of rotatable bonds is 6. The number of hydrogen-bond donors (Lipinski definition) is 1. The summed E-state index contributed by atoms with van der Waals surface area (Å²) >= 11 is 0. The summed E-state index contributed by atoms with van der Waals surface area (Å²) in [5, 5.41) is 2.90. The van der Waals surface area contributed by atoms with Crippen LogP contribution in [0.3, 0.4) is 0 Å². The smallest absolute Gasteiger partial charge is 0.229 e. The molecule has 0 saturated carbocycles. The molecule has 1 aromatic carbocycles. The molecule has 0 spiro atoms. The largest absolute Gasteiger partial charge is 0.342 e. The molecule has 0 aromatic heterocycles. The molecule has 0 radical (unpaired) electrons. The van der Waals surface area contributed by atoms with Gasteiger partial charge < -0.3 is 10.2 Å². The minimum Gasteiger partial charge on any atom is -0.342 e. The SMILES string of the molecule is CCCCCN1CC(C(=O)Nc2ccc(C)cc2)CC1=O. The molecule has 21 heavy (non-hydrogen) atoms. The number of amides is 2. The van der Waals surface area contributed by atoms with Crippen LogP contribution in [0.4, 0.5) is 5.69 Å². The average Bonchev–Trinajstić information content (AvgIpc) is 2.83. The van der Waals surface area contributed by atoms with Gasteiger partial charge in [0.15, 0.2) is 0 Å². The van der Waals surface area contributed by atoms with Crippen LogP contribution in [-0.4, -0.2) is 29.8 Å². The summed E-state index contributed by atoms with van der Waals surface area (Å²) in [5.74, 6) is -0.166. The Kier molecular flexibility index (Phi) is 5.37. The van der Waals surface area contributed by atoms with Crippen LogP contribution >= 0.6 is 0 Å². The lowest BCUT2D eigenvalue weighted by Crippen LogP contribution is -2.29. The van der Waals surface area contributed by atoms with Crippen molar-refractivity contribution in [2.75, 3.05) is 18.4 Å². The van der Waals surface area contributed by atoms with E-state index < -0.39 is 0 Å². The fourth-order valence-corrected chi connectivity index (χ4v) is 2.60. The first-order valence-corrected chi connectivity index (χ1v) is 7.75. The van der Waals surface area contributed by atoms with E-state index >= 15 is 0 Å². The molecular formula is C17H24N2O2. The molecule has 4 nitrogen and oxygen atoms in total. The maximum atomic E-state index is 12.2. The Morgan fingerprint density at radius 3 is 2.67 bits per heavy atom. The van der Waals surface area contributed by atoms with Gasteiger partial charge in [-0.05, 0) is 25.5 Å². The highest BCUT2D eigenvalue weighted by atomic mass is 16.2. The van der Waals surface area contributed by atoms with Crippen molar-refractivity contribution in [3.8, 4) is 0 Å². The molecule has 2 rings (SSSR count). The fourth-order valence-electron chi connectivity index (χ4n) is 2.60. The summed E-state index contributed by atoms with van der Waals surface area (Å²) in [5.41, 5.74) is 1.95. The number of likely N-dealkylation sites (tertiary alicyclic amines) is 1. The van der Waals surface area contributed by atoms with Crippen molar-refractivity contribution in [3.05, 3.63) is 29.8 Å². The van der Waals surface area contributed by atoms with Crippen LogP contribution < -0.4 is 5.32 Å². The third-order valence-corrected chi connectivity index (χ3v) is 3.94. The molecule has 1 fully saturated rings. The van der Waals surface area contributed by atoms with E-state index in [0.717, 1.165) is 37.1 Å². The van der Waals surface area contributed by atoms with E-state index in [-0.39, 0.29) is 17.7 Å². The van der Waals surface area contributed by atoms with E-state index in [1.54, 1.807) is 0 Å². The molecule has 2 amide bonds. The molecule has 0 aliphatic carbocycles. The number of benzene rings is 1. The van der Waals surface area contributed by atoms with Gasteiger partial charge >= 0.3 is 0 Å². The van der Waals surface area contributed by atoms with E-state index in [9.17, 15) is 9.59 Å². The van der Waals surface area contributed by atoms with Gasteiger partial charge in [0.05, 0.1) is 5.92 Å². The van der Waals surface area contributed by atoms with Gasteiger partial charge in [-0.3, -0.25) is 9.59 Å². The zero-order valence-corrected chi connectivity index (χ0v) is 12.9. The minimum absolute atomic E-state index is 0.0507. The number of aryl methyl sites for hydroxylation is 1. The van der Waals surface area contributed by atoms with Crippen molar-refractivity contribution in [1.29, 1.82) is 0 Å². The van der Waals surface area contributed by atoms with E-state index in [1.165, 1.54) is 0 Å². The molecule has 1 unspecified atom stereocenters. The summed E-state index contributed by atoms with van der Waals surface area (Å²) in [6.45, 7) is 5.49. The van der Waals surface area contributed by atoms with Crippen molar-refractivity contribution < 1.29 is 9.59 Å². The third-order valence-electron chi connectivity index (χ3n) is 3.94. The van der Waals surface area contributed by atoms with E-state index in [1.807, 2.05) is 36.1 Å². The van der Waals surface area contributed by atoms with Gasteiger partial charge in [-0.2, -0.15) is 0 Å². The Labute approximate surface area is 126 Å². The quantitative estimate of drug-likeness (QED) is 0.818. The van der Waals surface area contributed by atoms with Crippen LogP contribution in [-0.2, 0) is 9.59 Å². The van der Waals surface area contributed by atoms with E-state index in [0.29, 0.717) is 13.0 Å². The Morgan fingerprint density at radius 1 is 1.29 bits per heavy atom. The number of hydrogen-bond acceptors (Lipinski definition) is 2. The Bertz CT molecular complexity index is 496. The molecule has 1 aromatic rings. The highest BCUT2D eigenvalue weighted by Crippen LogP contribution is 2.20. The molecule has 1 heterocycles. The summed E-state index contributed by atoms with van der Waals surface area (Å²) < 4.78 is 0.